The monoisotopic (exact) mass is 919 g/mol. The predicted octanol–water partition coefficient (Wildman–Crippen LogP) is 19.3. The number of hydrogen-bond donors (Lipinski definition) is 0. The van der Waals surface area contributed by atoms with E-state index >= 15 is 0 Å². The Labute approximate surface area is 406 Å². The minimum Gasteiger partial charge on any atom is -0.462 e. The number of rotatable bonds is 53. The number of carbonyl (C=O) groups excluding carboxylic acids is 3. The Kier molecular flexibility index (Phi) is 50.5. The molecule has 0 aliphatic heterocycles. The van der Waals surface area contributed by atoms with Crippen LogP contribution in [-0.4, -0.2) is 37.2 Å². The number of hydrogen-bond acceptors (Lipinski definition) is 6. The van der Waals surface area contributed by atoms with Crippen molar-refractivity contribution in [2.24, 2.45) is 11.8 Å². The Hall–Kier alpha value is -1.59. The molecule has 0 radical (unpaired) electrons. The first-order valence-corrected chi connectivity index (χ1v) is 29.3. The Morgan fingerprint density at radius 3 is 0.877 bits per heavy atom. The van der Waals surface area contributed by atoms with Crippen LogP contribution in [0, 0.1) is 11.8 Å². The standard InChI is InChI=1S/C59H114O6/c1-6-8-9-10-11-12-13-14-15-16-17-18-19-23-26-29-34-39-44-49-57(60)63-52-56(53-64-58(61)50-45-40-36-31-32-37-42-47-54(3)4)65-59(62)51-46-41-35-30-27-24-21-20-22-25-28-33-38-43-48-55(5)7-2/h54-56H,6-53H2,1-5H3/t55?,56-/m0/s1. The third kappa shape index (κ3) is 51.6. The van der Waals surface area contributed by atoms with Crippen molar-refractivity contribution in [1.29, 1.82) is 0 Å². The van der Waals surface area contributed by atoms with E-state index in [0.717, 1.165) is 69.6 Å². The maximum absolute atomic E-state index is 12.8. The van der Waals surface area contributed by atoms with Gasteiger partial charge in [0.15, 0.2) is 6.10 Å². The molecule has 0 saturated heterocycles. The summed E-state index contributed by atoms with van der Waals surface area (Å²) in [6.07, 6.45) is 55.3. The molecule has 0 aromatic carbocycles. The molecule has 386 valence electrons. The van der Waals surface area contributed by atoms with Crippen LogP contribution in [0.4, 0.5) is 0 Å². The van der Waals surface area contributed by atoms with E-state index in [1.807, 2.05) is 0 Å². The molecule has 0 aliphatic rings. The van der Waals surface area contributed by atoms with Gasteiger partial charge in [-0.3, -0.25) is 14.4 Å². The number of esters is 3. The minimum atomic E-state index is -0.763. The first kappa shape index (κ1) is 63.4. The largest absolute Gasteiger partial charge is 0.462 e. The summed E-state index contributed by atoms with van der Waals surface area (Å²) in [4.78, 5) is 38.1. The highest BCUT2D eigenvalue weighted by molar-refractivity contribution is 5.71. The molecule has 0 aromatic rings. The zero-order valence-electron chi connectivity index (χ0n) is 44.6. The second-order valence-electron chi connectivity index (χ2n) is 21.0. The maximum atomic E-state index is 12.8. The van der Waals surface area contributed by atoms with Crippen LogP contribution in [0.15, 0.2) is 0 Å². The fraction of sp³-hybridized carbons (Fsp3) is 0.949. The lowest BCUT2D eigenvalue weighted by molar-refractivity contribution is -0.167. The van der Waals surface area contributed by atoms with Crippen molar-refractivity contribution >= 4 is 17.9 Å². The first-order chi connectivity index (χ1) is 31.8. The molecule has 1 unspecified atom stereocenters. The average Bonchev–Trinajstić information content (AvgIpc) is 3.29. The summed E-state index contributed by atoms with van der Waals surface area (Å²) in [5.41, 5.74) is 0. The summed E-state index contributed by atoms with van der Waals surface area (Å²) >= 11 is 0. The van der Waals surface area contributed by atoms with Crippen LogP contribution >= 0.6 is 0 Å². The van der Waals surface area contributed by atoms with E-state index in [2.05, 4.69) is 34.6 Å². The van der Waals surface area contributed by atoms with Crippen molar-refractivity contribution in [2.45, 2.75) is 336 Å². The lowest BCUT2D eigenvalue weighted by Crippen LogP contribution is -2.30. The van der Waals surface area contributed by atoms with Gasteiger partial charge in [0.1, 0.15) is 13.2 Å². The summed E-state index contributed by atoms with van der Waals surface area (Å²) in [6, 6.07) is 0. The van der Waals surface area contributed by atoms with Gasteiger partial charge < -0.3 is 14.2 Å². The van der Waals surface area contributed by atoms with Gasteiger partial charge in [0.25, 0.3) is 0 Å². The molecular weight excluding hydrogens is 805 g/mol. The van der Waals surface area contributed by atoms with Gasteiger partial charge in [-0.15, -0.1) is 0 Å². The van der Waals surface area contributed by atoms with Crippen molar-refractivity contribution in [1.82, 2.24) is 0 Å². The molecule has 0 aliphatic carbocycles. The highest BCUT2D eigenvalue weighted by Crippen LogP contribution is 2.19. The van der Waals surface area contributed by atoms with Crippen LogP contribution in [0.1, 0.15) is 330 Å². The Morgan fingerprint density at radius 2 is 0.585 bits per heavy atom. The summed E-state index contributed by atoms with van der Waals surface area (Å²) in [5.74, 6) is 0.833. The topological polar surface area (TPSA) is 78.9 Å². The fourth-order valence-electron chi connectivity index (χ4n) is 9.02. The smallest absolute Gasteiger partial charge is 0.306 e. The molecule has 0 amide bonds. The van der Waals surface area contributed by atoms with Crippen molar-refractivity contribution in [2.75, 3.05) is 13.2 Å². The number of ether oxygens (including phenoxy) is 3. The van der Waals surface area contributed by atoms with Crippen LogP contribution in [0.25, 0.3) is 0 Å². The third-order valence-corrected chi connectivity index (χ3v) is 13.8. The van der Waals surface area contributed by atoms with E-state index < -0.39 is 6.10 Å². The zero-order valence-corrected chi connectivity index (χ0v) is 44.6. The molecule has 6 nitrogen and oxygen atoms in total. The molecule has 0 fully saturated rings. The SMILES string of the molecule is CCCCCCCCCCCCCCCCCCCCCC(=O)OC[C@@H](COC(=O)CCCCCCCCCC(C)C)OC(=O)CCCCCCCCCCCCCCCCC(C)CC. The van der Waals surface area contributed by atoms with E-state index in [1.165, 1.54) is 218 Å². The molecule has 0 N–H and O–H groups in total. The normalized spacial score (nSPS) is 12.5. The maximum Gasteiger partial charge on any atom is 0.306 e. The number of carbonyl (C=O) groups is 3. The predicted molar refractivity (Wildman–Crippen MR) is 280 cm³/mol. The quantitative estimate of drug-likeness (QED) is 0.0344. The average molecular weight is 920 g/mol. The van der Waals surface area contributed by atoms with Gasteiger partial charge in [0, 0.05) is 19.3 Å². The lowest BCUT2D eigenvalue weighted by atomic mass is 9.99. The molecular formula is C59H114O6. The molecule has 0 heterocycles. The van der Waals surface area contributed by atoms with E-state index in [9.17, 15) is 14.4 Å². The van der Waals surface area contributed by atoms with Crippen LogP contribution in [-0.2, 0) is 28.6 Å². The zero-order chi connectivity index (χ0) is 47.5. The van der Waals surface area contributed by atoms with Crippen molar-refractivity contribution in [3.8, 4) is 0 Å². The number of unbranched alkanes of at least 4 members (excludes halogenated alkanes) is 37. The molecule has 0 aromatic heterocycles. The molecule has 0 rings (SSSR count). The summed E-state index contributed by atoms with van der Waals surface area (Å²) in [5, 5.41) is 0. The highest BCUT2D eigenvalue weighted by atomic mass is 16.6. The Bertz CT molecular complexity index is 995. The minimum absolute atomic E-state index is 0.0633. The van der Waals surface area contributed by atoms with Gasteiger partial charge in [-0.2, -0.15) is 0 Å². The molecule has 0 saturated carbocycles. The molecule has 2 atom stereocenters. The van der Waals surface area contributed by atoms with E-state index in [0.29, 0.717) is 19.3 Å². The Morgan fingerprint density at radius 1 is 0.323 bits per heavy atom. The van der Waals surface area contributed by atoms with Crippen molar-refractivity contribution in [3.63, 3.8) is 0 Å². The van der Waals surface area contributed by atoms with E-state index in [-0.39, 0.29) is 31.1 Å². The van der Waals surface area contributed by atoms with E-state index in [4.69, 9.17) is 14.2 Å². The van der Waals surface area contributed by atoms with Crippen LogP contribution < -0.4 is 0 Å². The van der Waals surface area contributed by atoms with Crippen LogP contribution in [0.2, 0.25) is 0 Å². The highest BCUT2D eigenvalue weighted by Gasteiger charge is 2.19. The summed E-state index contributed by atoms with van der Waals surface area (Å²) < 4.78 is 16.9. The molecule has 6 heteroatoms. The first-order valence-electron chi connectivity index (χ1n) is 29.3. The molecule has 0 spiro atoms. The van der Waals surface area contributed by atoms with E-state index in [1.54, 1.807) is 0 Å². The summed E-state index contributed by atoms with van der Waals surface area (Å²) in [6.45, 7) is 11.4. The lowest BCUT2D eigenvalue weighted by Gasteiger charge is -2.18. The van der Waals surface area contributed by atoms with Crippen LogP contribution in [0.5, 0.6) is 0 Å². The molecule has 0 bridgehead atoms. The van der Waals surface area contributed by atoms with Gasteiger partial charge in [-0.25, -0.2) is 0 Å². The van der Waals surface area contributed by atoms with Crippen LogP contribution in [0.3, 0.4) is 0 Å². The Balaban J connectivity index is 4.23. The molecule has 65 heavy (non-hydrogen) atoms. The van der Waals surface area contributed by atoms with Gasteiger partial charge in [-0.05, 0) is 31.1 Å². The summed E-state index contributed by atoms with van der Waals surface area (Å²) in [7, 11) is 0. The van der Waals surface area contributed by atoms with Gasteiger partial charge in [0.2, 0.25) is 0 Å². The van der Waals surface area contributed by atoms with Gasteiger partial charge in [-0.1, -0.05) is 291 Å². The van der Waals surface area contributed by atoms with Gasteiger partial charge >= 0.3 is 17.9 Å². The third-order valence-electron chi connectivity index (χ3n) is 13.8. The second kappa shape index (κ2) is 51.8. The van der Waals surface area contributed by atoms with Crippen molar-refractivity contribution in [3.05, 3.63) is 0 Å². The van der Waals surface area contributed by atoms with Crippen molar-refractivity contribution < 1.29 is 28.6 Å². The fourth-order valence-corrected chi connectivity index (χ4v) is 9.02. The van der Waals surface area contributed by atoms with Gasteiger partial charge in [0.05, 0.1) is 0 Å². The second-order valence-corrected chi connectivity index (χ2v) is 21.0.